The van der Waals surface area contributed by atoms with E-state index in [4.69, 9.17) is 0 Å². The predicted octanol–water partition coefficient (Wildman–Crippen LogP) is -0.455. The highest BCUT2D eigenvalue weighted by molar-refractivity contribution is 7.88. The normalized spacial score (nSPS) is 23.6. The van der Waals surface area contributed by atoms with Crippen molar-refractivity contribution in [2.75, 3.05) is 12.8 Å². The molecule has 1 saturated heterocycles. The highest BCUT2D eigenvalue weighted by Crippen LogP contribution is 2.14. The predicted molar refractivity (Wildman–Crippen MR) is 53.2 cm³/mol. The van der Waals surface area contributed by atoms with Gasteiger partial charge >= 0.3 is 0 Å². The van der Waals surface area contributed by atoms with Crippen LogP contribution in [0.3, 0.4) is 0 Å². The van der Waals surface area contributed by atoms with Gasteiger partial charge in [-0.05, 0) is 13.8 Å². The number of nitrogens with zero attached hydrogens (tertiary/aromatic N) is 1. The quantitative estimate of drug-likeness (QED) is 0.700. The number of carbonyl (C=O) groups excluding carboxylic acids is 1. The summed E-state index contributed by atoms with van der Waals surface area (Å²) in [4.78, 5) is 13.1. The third kappa shape index (κ3) is 2.95. The van der Waals surface area contributed by atoms with E-state index >= 15 is 0 Å². The molecule has 0 spiro atoms. The van der Waals surface area contributed by atoms with E-state index in [2.05, 4.69) is 4.72 Å². The zero-order valence-corrected chi connectivity index (χ0v) is 9.47. The molecule has 0 aromatic carbocycles. The molecule has 82 valence electrons. The molecule has 1 atom stereocenters. The average molecular weight is 220 g/mol. The van der Waals surface area contributed by atoms with Crippen molar-refractivity contribution in [3.63, 3.8) is 0 Å². The molecule has 0 aliphatic carbocycles. The van der Waals surface area contributed by atoms with Gasteiger partial charge in [-0.2, -0.15) is 0 Å². The van der Waals surface area contributed by atoms with Gasteiger partial charge in [0.05, 0.1) is 6.26 Å². The lowest BCUT2D eigenvalue weighted by molar-refractivity contribution is -0.129. The first kappa shape index (κ1) is 11.5. The molecule has 1 aliphatic rings. The fourth-order valence-corrected chi connectivity index (χ4v) is 2.38. The maximum Gasteiger partial charge on any atom is 0.224 e. The Labute approximate surface area is 84.5 Å². The van der Waals surface area contributed by atoms with Crippen LogP contribution in [0.1, 0.15) is 20.3 Å². The highest BCUT2D eigenvalue weighted by atomic mass is 32.2. The molecule has 1 fully saturated rings. The van der Waals surface area contributed by atoms with E-state index in [-0.39, 0.29) is 24.4 Å². The van der Waals surface area contributed by atoms with E-state index in [1.807, 2.05) is 13.8 Å². The topological polar surface area (TPSA) is 66.5 Å². The second kappa shape index (κ2) is 3.86. The van der Waals surface area contributed by atoms with Crippen molar-refractivity contribution in [3.05, 3.63) is 0 Å². The Morgan fingerprint density at radius 3 is 2.43 bits per heavy atom. The van der Waals surface area contributed by atoms with Gasteiger partial charge in [-0.25, -0.2) is 13.1 Å². The van der Waals surface area contributed by atoms with Gasteiger partial charge in [-0.15, -0.1) is 0 Å². The molecule has 0 aromatic rings. The van der Waals surface area contributed by atoms with Crippen LogP contribution in [0, 0.1) is 0 Å². The van der Waals surface area contributed by atoms with E-state index < -0.39 is 10.0 Å². The third-order valence-electron chi connectivity index (χ3n) is 2.16. The number of hydrogen-bond acceptors (Lipinski definition) is 3. The van der Waals surface area contributed by atoms with Gasteiger partial charge in [0.25, 0.3) is 0 Å². The van der Waals surface area contributed by atoms with Crippen molar-refractivity contribution in [2.45, 2.75) is 32.4 Å². The van der Waals surface area contributed by atoms with Gasteiger partial charge in [0.1, 0.15) is 0 Å². The summed E-state index contributed by atoms with van der Waals surface area (Å²) in [5.41, 5.74) is 0. The summed E-state index contributed by atoms with van der Waals surface area (Å²) < 4.78 is 24.3. The number of amides is 1. The Kier molecular flexibility index (Phi) is 3.16. The molecule has 1 N–H and O–H groups in total. The first-order valence-electron chi connectivity index (χ1n) is 4.56. The number of sulfonamides is 1. The van der Waals surface area contributed by atoms with E-state index in [1.165, 1.54) is 0 Å². The molecule has 1 aliphatic heterocycles. The van der Waals surface area contributed by atoms with Crippen LogP contribution in [-0.2, 0) is 14.8 Å². The van der Waals surface area contributed by atoms with Gasteiger partial charge in [-0.1, -0.05) is 0 Å². The number of hydrogen-bond donors (Lipinski definition) is 1. The zero-order chi connectivity index (χ0) is 10.9. The van der Waals surface area contributed by atoms with Crippen LogP contribution in [0.2, 0.25) is 0 Å². The standard InChI is InChI=1S/C8H16N2O3S/c1-6(2)10-5-7(4-8(10)11)9-14(3,12)13/h6-7,9H,4-5H2,1-3H3. The maximum absolute atomic E-state index is 11.4. The molecule has 1 heterocycles. The lowest BCUT2D eigenvalue weighted by atomic mass is 10.3. The van der Waals surface area contributed by atoms with Crippen molar-refractivity contribution >= 4 is 15.9 Å². The number of nitrogens with one attached hydrogen (secondary N) is 1. The zero-order valence-electron chi connectivity index (χ0n) is 8.65. The van der Waals surface area contributed by atoms with Crippen LogP contribution in [0.25, 0.3) is 0 Å². The minimum absolute atomic E-state index is 0.0150. The van der Waals surface area contributed by atoms with Crippen LogP contribution < -0.4 is 4.72 Å². The van der Waals surface area contributed by atoms with Crippen molar-refractivity contribution < 1.29 is 13.2 Å². The lowest BCUT2D eigenvalue weighted by Crippen LogP contribution is -2.38. The third-order valence-corrected chi connectivity index (χ3v) is 2.92. The van der Waals surface area contributed by atoms with Crippen LogP contribution >= 0.6 is 0 Å². The van der Waals surface area contributed by atoms with Crippen LogP contribution in [0.15, 0.2) is 0 Å². The smallest absolute Gasteiger partial charge is 0.224 e. The molecule has 0 aromatic heterocycles. The van der Waals surface area contributed by atoms with Gasteiger partial charge in [-0.3, -0.25) is 4.79 Å². The second-order valence-corrected chi connectivity index (χ2v) is 5.71. The van der Waals surface area contributed by atoms with Crippen molar-refractivity contribution in [1.29, 1.82) is 0 Å². The minimum atomic E-state index is -3.21. The minimum Gasteiger partial charge on any atom is -0.339 e. The summed E-state index contributed by atoms with van der Waals surface area (Å²) in [5, 5.41) is 0. The second-order valence-electron chi connectivity index (χ2n) is 3.93. The Hall–Kier alpha value is -0.620. The Morgan fingerprint density at radius 1 is 1.50 bits per heavy atom. The monoisotopic (exact) mass is 220 g/mol. The summed E-state index contributed by atoms with van der Waals surface area (Å²) in [7, 11) is -3.21. The molecule has 0 radical (unpaired) electrons. The summed E-state index contributed by atoms with van der Waals surface area (Å²) >= 11 is 0. The molecule has 6 heteroatoms. The van der Waals surface area contributed by atoms with Gasteiger partial charge in [0, 0.05) is 25.0 Å². The Balaban J connectivity index is 2.60. The Bertz CT molecular complexity index is 323. The molecule has 1 unspecified atom stereocenters. The number of rotatable bonds is 3. The van der Waals surface area contributed by atoms with E-state index in [9.17, 15) is 13.2 Å². The largest absolute Gasteiger partial charge is 0.339 e. The van der Waals surface area contributed by atoms with Crippen molar-refractivity contribution in [1.82, 2.24) is 9.62 Å². The molecule has 0 bridgehead atoms. The van der Waals surface area contributed by atoms with E-state index in [0.717, 1.165) is 6.26 Å². The van der Waals surface area contributed by atoms with Crippen molar-refractivity contribution in [3.8, 4) is 0 Å². The maximum atomic E-state index is 11.4. The van der Waals surface area contributed by atoms with E-state index in [0.29, 0.717) is 6.54 Å². The highest BCUT2D eigenvalue weighted by Gasteiger charge is 2.32. The summed E-state index contributed by atoms with van der Waals surface area (Å²) in [6, 6.07) is -0.131. The van der Waals surface area contributed by atoms with Crippen molar-refractivity contribution in [2.24, 2.45) is 0 Å². The SMILES string of the molecule is CC(C)N1CC(NS(C)(=O)=O)CC1=O. The molecule has 14 heavy (non-hydrogen) atoms. The Morgan fingerprint density at radius 2 is 2.07 bits per heavy atom. The average Bonchev–Trinajstić information content (AvgIpc) is 2.26. The first-order chi connectivity index (χ1) is 6.29. The van der Waals surface area contributed by atoms with E-state index in [1.54, 1.807) is 4.90 Å². The summed E-state index contributed by atoms with van der Waals surface area (Å²) in [5.74, 6) is 0.0150. The molecule has 1 amide bonds. The molecular formula is C8H16N2O3S. The van der Waals surface area contributed by atoms with Crippen LogP contribution in [0.4, 0.5) is 0 Å². The molecule has 5 nitrogen and oxygen atoms in total. The molecular weight excluding hydrogens is 204 g/mol. The molecule has 0 saturated carbocycles. The lowest BCUT2D eigenvalue weighted by Gasteiger charge is -2.20. The fraction of sp³-hybridized carbons (Fsp3) is 0.875. The summed E-state index contributed by atoms with van der Waals surface area (Å²) in [6.45, 7) is 4.31. The first-order valence-corrected chi connectivity index (χ1v) is 6.45. The van der Waals surface area contributed by atoms with Crippen LogP contribution in [0.5, 0.6) is 0 Å². The summed E-state index contributed by atoms with van der Waals surface area (Å²) in [6.07, 6.45) is 1.38. The van der Waals surface area contributed by atoms with Gasteiger partial charge in [0.2, 0.25) is 15.9 Å². The van der Waals surface area contributed by atoms with Gasteiger partial charge in [0.15, 0.2) is 0 Å². The van der Waals surface area contributed by atoms with Gasteiger partial charge < -0.3 is 4.90 Å². The fourth-order valence-electron chi connectivity index (χ4n) is 1.61. The molecule has 1 rings (SSSR count). The van der Waals surface area contributed by atoms with Crippen LogP contribution in [-0.4, -0.2) is 44.1 Å². The number of carbonyl (C=O) groups is 1. The number of likely N-dealkylation sites (tertiary alicyclic amines) is 1.